The summed E-state index contributed by atoms with van der Waals surface area (Å²) in [5, 5.41) is 4.38. The average Bonchev–Trinajstić information content (AvgIpc) is 2.24. The second kappa shape index (κ2) is 3.82. The minimum Gasteiger partial charge on any atom is -0.274 e. The Hall–Kier alpha value is -0.310. The van der Waals surface area contributed by atoms with E-state index >= 15 is 0 Å². The maximum atomic E-state index is 4.38. The molecule has 3 heteroatoms. The van der Waals surface area contributed by atoms with Gasteiger partial charge < -0.3 is 0 Å². The highest BCUT2D eigenvalue weighted by Gasteiger charge is 2.12. The first-order chi connectivity index (χ1) is 5.88. The molecule has 1 heterocycles. The zero-order valence-corrected chi connectivity index (χ0v) is 10.3. The standard InChI is InChI=1S/C10H17BrN2/c1-10(2,3)6-5-9-8(11)7-13(4)12-9/h7H,5-6H2,1-4H3. The second-order valence-electron chi connectivity index (χ2n) is 4.66. The fourth-order valence-corrected chi connectivity index (χ4v) is 1.74. The van der Waals surface area contributed by atoms with E-state index in [4.69, 9.17) is 0 Å². The minimum atomic E-state index is 0.386. The molecule has 0 saturated carbocycles. The Morgan fingerprint density at radius 3 is 2.46 bits per heavy atom. The Bertz CT molecular complexity index is 284. The summed E-state index contributed by atoms with van der Waals surface area (Å²) in [6, 6.07) is 0. The predicted molar refractivity (Wildman–Crippen MR) is 58.7 cm³/mol. The molecule has 1 aromatic heterocycles. The van der Waals surface area contributed by atoms with E-state index in [-0.39, 0.29) is 0 Å². The Morgan fingerprint density at radius 2 is 2.08 bits per heavy atom. The van der Waals surface area contributed by atoms with Gasteiger partial charge in [0.25, 0.3) is 0 Å². The fraction of sp³-hybridized carbons (Fsp3) is 0.700. The van der Waals surface area contributed by atoms with E-state index in [0.29, 0.717) is 5.41 Å². The molecule has 0 aliphatic rings. The lowest BCUT2D eigenvalue weighted by atomic mass is 9.90. The molecule has 0 atom stereocenters. The third kappa shape index (κ3) is 3.51. The third-order valence-electron chi connectivity index (χ3n) is 1.97. The smallest absolute Gasteiger partial charge is 0.0766 e. The molecule has 0 aliphatic heterocycles. The first-order valence-electron chi connectivity index (χ1n) is 4.56. The van der Waals surface area contributed by atoms with Crippen LogP contribution in [0.25, 0.3) is 0 Å². The summed E-state index contributed by atoms with van der Waals surface area (Å²) in [5.74, 6) is 0. The average molecular weight is 245 g/mol. The number of rotatable bonds is 2. The molecule has 0 aromatic carbocycles. The molecule has 0 spiro atoms. The molecule has 74 valence electrons. The van der Waals surface area contributed by atoms with Crippen LogP contribution >= 0.6 is 15.9 Å². The van der Waals surface area contributed by atoms with Crippen molar-refractivity contribution in [1.29, 1.82) is 0 Å². The summed E-state index contributed by atoms with van der Waals surface area (Å²) < 4.78 is 2.97. The Balaban J connectivity index is 2.59. The van der Waals surface area contributed by atoms with Crippen molar-refractivity contribution in [2.45, 2.75) is 33.6 Å². The monoisotopic (exact) mass is 244 g/mol. The maximum Gasteiger partial charge on any atom is 0.0766 e. The van der Waals surface area contributed by atoms with Crippen LogP contribution in [0.15, 0.2) is 10.7 Å². The molecule has 0 aliphatic carbocycles. The van der Waals surface area contributed by atoms with Crippen molar-refractivity contribution in [3.63, 3.8) is 0 Å². The zero-order chi connectivity index (χ0) is 10.1. The normalized spacial score (nSPS) is 12.1. The van der Waals surface area contributed by atoms with Crippen molar-refractivity contribution >= 4 is 15.9 Å². The molecular formula is C10H17BrN2. The molecule has 0 fully saturated rings. The lowest BCUT2D eigenvalue weighted by Gasteiger charge is -2.16. The van der Waals surface area contributed by atoms with Gasteiger partial charge in [0.1, 0.15) is 0 Å². The second-order valence-corrected chi connectivity index (χ2v) is 5.51. The lowest BCUT2D eigenvalue weighted by molar-refractivity contribution is 0.375. The van der Waals surface area contributed by atoms with Gasteiger partial charge >= 0.3 is 0 Å². The van der Waals surface area contributed by atoms with Crippen LogP contribution in [0, 0.1) is 5.41 Å². The largest absolute Gasteiger partial charge is 0.274 e. The van der Waals surface area contributed by atoms with Crippen LogP contribution in [-0.2, 0) is 13.5 Å². The van der Waals surface area contributed by atoms with Gasteiger partial charge in [-0.25, -0.2) is 0 Å². The van der Waals surface area contributed by atoms with E-state index in [1.807, 2.05) is 17.9 Å². The van der Waals surface area contributed by atoms with E-state index in [0.717, 1.165) is 16.6 Å². The Kier molecular flexibility index (Phi) is 3.17. The number of hydrogen-bond donors (Lipinski definition) is 0. The Morgan fingerprint density at radius 1 is 1.46 bits per heavy atom. The van der Waals surface area contributed by atoms with Crippen LogP contribution in [0.4, 0.5) is 0 Å². The van der Waals surface area contributed by atoms with Gasteiger partial charge in [-0.15, -0.1) is 0 Å². The van der Waals surface area contributed by atoms with Crippen molar-refractivity contribution in [2.75, 3.05) is 0 Å². The molecular weight excluding hydrogens is 228 g/mol. The molecule has 0 bridgehead atoms. The van der Waals surface area contributed by atoms with Gasteiger partial charge in [-0.05, 0) is 34.2 Å². The summed E-state index contributed by atoms with van der Waals surface area (Å²) in [4.78, 5) is 0. The molecule has 0 unspecified atom stereocenters. The van der Waals surface area contributed by atoms with E-state index in [1.54, 1.807) is 0 Å². The quantitative estimate of drug-likeness (QED) is 0.782. The van der Waals surface area contributed by atoms with Crippen molar-refractivity contribution in [3.05, 3.63) is 16.4 Å². The Labute approximate surface area is 88.5 Å². The molecule has 13 heavy (non-hydrogen) atoms. The number of aromatic nitrogens is 2. The highest BCUT2D eigenvalue weighted by Crippen LogP contribution is 2.23. The van der Waals surface area contributed by atoms with Crippen LogP contribution in [0.3, 0.4) is 0 Å². The van der Waals surface area contributed by atoms with Gasteiger partial charge in [-0.1, -0.05) is 20.8 Å². The van der Waals surface area contributed by atoms with Crippen LogP contribution in [0.2, 0.25) is 0 Å². The van der Waals surface area contributed by atoms with Gasteiger partial charge in [0, 0.05) is 13.2 Å². The fourth-order valence-electron chi connectivity index (χ4n) is 1.17. The SMILES string of the molecule is Cn1cc(Br)c(CCC(C)(C)C)n1. The van der Waals surface area contributed by atoms with E-state index in [2.05, 4.69) is 41.8 Å². The molecule has 0 radical (unpaired) electrons. The summed E-state index contributed by atoms with van der Waals surface area (Å²) in [6.45, 7) is 6.76. The topological polar surface area (TPSA) is 17.8 Å². The molecule has 2 nitrogen and oxygen atoms in total. The molecule has 0 saturated heterocycles. The van der Waals surface area contributed by atoms with Crippen molar-refractivity contribution in [3.8, 4) is 0 Å². The number of aryl methyl sites for hydroxylation is 2. The molecule has 0 N–H and O–H groups in total. The number of halogens is 1. The van der Waals surface area contributed by atoms with Gasteiger partial charge in [-0.2, -0.15) is 5.10 Å². The summed E-state index contributed by atoms with van der Waals surface area (Å²) >= 11 is 3.50. The van der Waals surface area contributed by atoms with Gasteiger partial charge in [0.15, 0.2) is 0 Å². The zero-order valence-electron chi connectivity index (χ0n) is 8.76. The van der Waals surface area contributed by atoms with Crippen LogP contribution in [-0.4, -0.2) is 9.78 Å². The first kappa shape index (κ1) is 10.8. The molecule has 1 rings (SSSR count). The van der Waals surface area contributed by atoms with Gasteiger partial charge in [-0.3, -0.25) is 4.68 Å². The lowest BCUT2D eigenvalue weighted by Crippen LogP contribution is -2.07. The van der Waals surface area contributed by atoms with Crippen molar-refractivity contribution < 1.29 is 0 Å². The summed E-state index contributed by atoms with van der Waals surface area (Å²) in [5.41, 5.74) is 1.55. The minimum absolute atomic E-state index is 0.386. The molecule has 0 amide bonds. The van der Waals surface area contributed by atoms with E-state index in [9.17, 15) is 0 Å². The highest BCUT2D eigenvalue weighted by molar-refractivity contribution is 9.10. The van der Waals surface area contributed by atoms with Crippen LogP contribution in [0.1, 0.15) is 32.9 Å². The molecule has 1 aromatic rings. The number of hydrogen-bond acceptors (Lipinski definition) is 1. The van der Waals surface area contributed by atoms with Gasteiger partial charge in [0.2, 0.25) is 0 Å². The van der Waals surface area contributed by atoms with Gasteiger partial charge in [0.05, 0.1) is 10.2 Å². The highest BCUT2D eigenvalue weighted by atomic mass is 79.9. The summed E-state index contributed by atoms with van der Waals surface area (Å²) in [7, 11) is 1.95. The van der Waals surface area contributed by atoms with Crippen molar-refractivity contribution in [2.24, 2.45) is 12.5 Å². The third-order valence-corrected chi connectivity index (χ3v) is 2.63. The van der Waals surface area contributed by atoms with Crippen molar-refractivity contribution in [1.82, 2.24) is 9.78 Å². The van der Waals surface area contributed by atoms with E-state index < -0.39 is 0 Å². The summed E-state index contributed by atoms with van der Waals surface area (Å²) in [6.07, 6.45) is 4.21. The van der Waals surface area contributed by atoms with E-state index in [1.165, 1.54) is 6.42 Å². The predicted octanol–water partition coefficient (Wildman–Crippen LogP) is 3.16. The van der Waals surface area contributed by atoms with Crippen LogP contribution < -0.4 is 0 Å². The maximum absolute atomic E-state index is 4.38. The van der Waals surface area contributed by atoms with Crippen LogP contribution in [0.5, 0.6) is 0 Å². The first-order valence-corrected chi connectivity index (χ1v) is 5.36. The number of nitrogens with zero attached hydrogens (tertiary/aromatic N) is 2.